The Bertz CT molecular complexity index is 429. The lowest BCUT2D eigenvalue weighted by Crippen LogP contribution is -2.43. The molecule has 2 amide bonds. The van der Waals surface area contributed by atoms with E-state index in [0.717, 1.165) is 24.8 Å². The summed E-state index contributed by atoms with van der Waals surface area (Å²) in [6.45, 7) is 3.92. The number of nitrogens with one attached hydrogen (secondary N) is 2. The van der Waals surface area contributed by atoms with Gasteiger partial charge in [0, 0.05) is 6.42 Å². The second-order valence-electron chi connectivity index (χ2n) is 4.66. The number of hydrogen-bond donors (Lipinski definition) is 2. The molecule has 5 heteroatoms. The molecular formula is C15H22N2O3. The first kappa shape index (κ1) is 16.0. The molecule has 1 aromatic rings. The molecule has 20 heavy (non-hydrogen) atoms. The van der Waals surface area contributed by atoms with E-state index in [4.69, 9.17) is 4.74 Å². The lowest BCUT2D eigenvalue weighted by atomic mass is 10.2. The Labute approximate surface area is 119 Å². The van der Waals surface area contributed by atoms with Gasteiger partial charge in [-0.3, -0.25) is 20.4 Å². The molecule has 0 heterocycles. The van der Waals surface area contributed by atoms with Crippen molar-refractivity contribution in [1.82, 2.24) is 10.9 Å². The van der Waals surface area contributed by atoms with Gasteiger partial charge in [0.15, 0.2) is 6.61 Å². The van der Waals surface area contributed by atoms with Crippen LogP contribution < -0.4 is 15.6 Å². The van der Waals surface area contributed by atoms with Crippen molar-refractivity contribution in [1.29, 1.82) is 0 Å². The van der Waals surface area contributed by atoms with Crippen LogP contribution in [0.2, 0.25) is 0 Å². The summed E-state index contributed by atoms with van der Waals surface area (Å²) in [5, 5.41) is 0. The van der Waals surface area contributed by atoms with E-state index in [9.17, 15) is 9.59 Å². The van der Waals surface area contributed by atoms with Crippen molar-refractivity contribution in [2.45, 2.75) is 39.5 Å². The molecule has 1 rings (SSSR count). The molecule has 0 saturated carbocycles. The first-order valence-electron chi connectivity index (χ1n) is 6.89. The summed E-state index contributed by atoms with van der Waals surface area (Å²) in [6.07, 6.45) is 3.33. The number of amides is 2. The van der Waals surface area contributed by atoms with Crippen LogP contribution in [-0.2, 0) is 9.59 Å². The Morgan fingerprint density at radius 1 is 1.05 bits per heavy atom. The standard InChI is InChI=1S/C15H22N2O3/c1-3-4-5-6-14(18)16-17-15(19)11-20-13-9-7-12(2)8-10-13/h7-10H,3-6,11H2,1-2H3,(H,16,18)(H,17,19). The average molecular weight is 278 g/mol. The molecule has 0 aliphatic heterocycles. The molecule has 1 aromatic carbocycles. The van der Waals surface area contributed by atoms with E-state index in [2.05, 4.69) is 17.8 Å². The molecule has 0 bridgehead atoms. The number of aryl methyl sites for hydroxylation is 1. The van der Waals surface area contributed by atoms with E-state index >= 15 is 0 Å². The predicted molar refractivity (Wildman–Crippen MR) is 77.1 cm³/mol. The highest BCUT2D eigenvalue weighted by atomic mass is 16.5. The van der Waals surface area contributed by atoms with E-state index in [-0.39, 0.29) is 18.4 Å². The van der Waals surface area contributed by atoms with E-state index in [0.29, 0.717) is 12.2 Å². The quantitative estimate of drug-likeness (QED) is 0.593. The van der Waals surface area contributed by atoms with Gasteiger partial charge in [-0.1, -0.05) is 37.5 Å². The fourth-order valence-corrected chi connectivity index (χ4v) is 1.56. The number of rotatable bonds is 7. The molecule has 0 spiro atoms. The van der Waals surface area contributed by atoms with Crippen LogP contribution >= 0.6 is 0 Å². The molecule has 0 atom stereocenters. The van der Waals surface area contributed by atoms with E-state index in [1.54, 1.807) is 12.1 Å². The maximum atomic E-state index is 11.5. The third-order valence-corrected chi connectivity index (χ3v) is 2.74. The number of carbonyl (C=O) groups is 2. The summed E-state index contributed by atoms with van der Waals surface area (Å²) in [5.74, 6) is 0.0663. The van der Waals surface area contributed by atoms with Crippen LogP contribution in [0.3, 0.4) is 0 Å². The van der Waals surface area contributed by atoms with Gasteiger partial charge in [-0.15, -0.1) is 0 Å². The molecule has 0 saturated heterocycles. The molecule has 0 aromatic heterocycles. The van der Waals surface area contributed by atoms with Gasteiger partial charge in [0.25, 0.3) is 5.91 Å². The minimum Gasteiger partial charge on any atom is -0.484 e. The normalized spacial score (nSPS) is 9.90. The zero-order valence-corrected chi connectivity index (χ0v) is 12.1. The van der Waals surface area contributed by atoms with Crippen molar-refractivity contribution in [2.75, 3.05) is 6.61 Å². The van der Waals surface area contributed by atoms with Gasteiger partial charge in [0.05, 0.1) is 0 Å². The Morgan fingerprint density at radius 3 is 2.35 bits per heavy atom. The minimum atomic E-state index is -0.380. The molecular weight excluding hydrogens is 256 g/mol. The second kappa shape index (κ2) is 8.96. The Morgan fingerprint density at radius 2 is 1.70 bits per heavy atom. The minimum absolute atomic E-state index is 0.127. The van der Waals surface area contributed by atoms with Gasteiger partial charge < -0.3 is 4.74 Å². The Balaban J connectivity index is 2.17. The van der Waals surface area contributed by atoms with Crippen LogP contribution in [0.15, 0.2) is 24.3 Å². The van der Waals surface area contributed by atoms with Crippen LogP contribution in [0.5, 0.6) is 5.75 Å². The number of benzene rings is 1. The van der Waals surface area contributed by atoms with Crippen LogP contribution in [0.1, 0.15) is 38.2 Å². The van der Waals surface area contributed by atoms with Crippen LogP contribution in [0.25, 0.3) is 0 Å². The van der Waals surface area contributed by atoms with Gasteiger partial charge in [-0.05, 0) is 25.5 Å². The average Bonchev–Trinajstić information content (AvgIpc) is 2.45. The largest absolute Gasteiger partial charge is 0.484 e. The Kier molecular flexibility index (Phi) is 7.17. The highest BCUT2D eigenvalue weighted by Gasteiger charge is 2.05. The molecule has 110 valence electrons. The highest BCUT2D eigenvalue weighted by Crippen LogP contribution is 2.10. The topological polar surface area (TPSA) is 67.4 Å². The number of hydrazine groups is 1. The number of ether oxygens (including phenoxy) is 1. The molecule has 0 aliphatic rings. The molecule has 0 radical (unpaired) electrons. The predicted octanol–water partition coefficient (Wildman–Crippen LogP) is 2.10. The summed E-state index contributed by atoms with van der Waals surface area (Å²) >= 11 is 0. The van der Waals surface area contributed by atoms with Crippen molar-refractivity contribution < 1.29 is 14.3 Å². The summed E-state index contributed by atoms with van der Waals surface area (Å²) in [6, 6.07) is 7.41. The second-order valence-corrected chi connectivity index (χ2v) is 4.66. The summed E-state index contributed by atoms with van der Waals surface area (Å²) in [4.78, 5) is 22.8. The van der Waals surface area contributed by atoms with Crippen molar-refractivity contribution in [3.63, 3.8) is 0 Å². The number of unbranched alkanes of at least 4 members (excludes halogenated alkanes) is 2. The number of hydrogen-bond acceptors (Lipinski definition) is 3. The van der Waals surface area contributed by atoms with Crippen LogP contribution in [-0.4, -0.2) is 18.4 Å². The van der Waals surface area contributed by atoms with Gasteiger partial charge >= 0.3 is 0 Å². The van der Waals surface area contributed by atoms with Crippen molar-refractivity contribution in [3.05, 3.63) is 29.8 Å². The Hall–Kier alpha value is -2.04. The van der Waals surface area contributed by atoms with Crippen molar-refractivity contribution >= 4 is 11.8 Å². The summed E-state index contributed by atoms with van der Waals surface area (Å²) < 4.78 is 5.29. The third-order valence-electron chi connectivity index (χ3n) is 2.74. The lowest BCUT2D eigenvalue weighted by Gasteiger charge is -2.08. The van der Waals surface area contributed by atoms with E-state index in [1.165, 1.54) is 0 Å². The molecule has 5 nitrogen and oxygen atoms in total. The molecule has 0 fully saturated rings. The monoisotopic (exact) mass is 278 g/mol. The van der Waals surface area contributed by atoms with E-state index < -0.39 is 0 Å². The van der Waals surface area contributed by atoms with Crippen molar-refractivity contribution in [3.8, 4) is 5.75 Å². The lowest BCUT2D eigenvalue weighted by molar-refractivity contribution is -0.130. The molecule has 2 N–H and O–H groups in total. The molecule has 0 unspecified atom stereocenters. The zero-order valence-electron chi connectivity index (χ0n) is 12.1. The van der Waals surface area contributed by atoms with Crippen LogP contribution in [0, 0.1) is 6.92 Å². The first-order chi connectivity index (χ1) is 9.61. The first-order valence-corrected chi connectivity index (χ1v) is 6.89. The smallest absolute Gasteiger partial charge is 0.276 e. The number of carbonyl (C=O) groups excluding carboxylic acids is 2. The maximum Gasteiger partial charge on any atom is 0.276 e. The van der Waals surface area contributed by atoms with Gasteiger partial charge in [-0.25, -0.2) is 0 Å². The summed E-state index contributed by atoms with van der Waals surface area (Å²) in [5.41, 5.74) is 5.82. The summed E-state index contributed by atoms with van der Waals surface area (Å²) in [7, 11) is 0. The zero-order chi connectivity index (χ0) is 14.8. The van der Waals surface area contributed by atoms with Gasteiger partial charge in [-0.2, -0.15) is 0 Å². The SMILES string of the molecule is CCCCCC(=O)NNC(=O)COc1ccc(C)cc1. The maximum absolute atomic E-state index is 11.5. The van der Waals surface area contributed by atoms with Gasteiger partial charge in [0.1, 0.15) is 5.75 Å². The van der Waals surface area contributed by atoms with Crippen LogP contribution in [0.4, 0.5) is 0 Å². The molecule has 0 aliphatic carbocycles. The van der Waals surface area contributed by atoms with Crippen molar-refractivity contribution in [2.24, 2.45) is 0 Å². The fourth-order valence-electron chi connectivity index (χ4n) is 1.56. The fraction of sp³-hybridized carbons (Fsp3) is 0.467. The van der Waals surface area contributed by atoms with Gasteiger partial charge in [0.2, 0.25) is 5.91 Å². The highest BCUT2D eigenvalue weighted by molar-refractivity contribution is 5.82. The van der Waals surface area contributed by atoms with E-state index in [1.807, 2.05) is 19.1 Å². The third kappa shape index (κ3) is 6.78.